The molecule has 3 rings (SSSR count). The summed E-state index contributed by atoms with van der Waals surface area (Å²) in [7, 11) is 1.66. The maximum Gasteiger partial charge on any atom is 0.191 e. The van der Waals surface area contributed by atoms with Crippen molar-refractivity contribution in [1.29, 1.82) is 0 Å². The van der Waals surface area contributed by atoms with E-state index >= 15 is 0 Å². The highest BCUT2D eigenvalue weighted by Crippen LogP contribution is 2.15. The second kappa shape index (κ2) is 11.0. The Balaban J connectivity index is 0.00000261. The van der Waals surface area contributed by atoms with Crippen molar-refractivity contribution in [3.05, 3.63) is 34.2 Å². The van der Waals surface area contributed by atoms with Crippen molar-refractivity contribution < 1.29 is 9.15 Å². The Bertz CT molecular complexity index is 748. The molecule has 27 heavy (non-hydrogen) atoms. The van der Waals surface area contributed by atoms with E-state index in [1.807, 2.05) is 16.8 Å². The number of fused-ring (bicyclic) bond motifs is 1. The second-order valence-electron chi connectivity index (χ2n) is 6.16. The lowest BCUT2D eigenvalue weighted by Gasteiger charge is -2.25. The number of rotatable bonds is 7. The molecule has 0 spiro atoms. The summed E-state index contributed by atoms with van der Waals surface area (Å²) in [6.45, 7) is 4.77. The first-order valence-corrected chi connectivity index (χ1v) is 9.67. The number of nitrogens with zero attached hydrogens (tertiary/aromatic N) is 4. The molecule has 150 valence electrons. The lowest BCUT2D eigenvalue weighted by molar-refractivity contribution is 0.177. The van der Waals surface area contributed by atoms with Crippen molar-refractivity contribution >= 4 is 45.9 Å². The number of nitrogens with one attached hydrogen (secondary N) is 2. The lowest BCUT2D eigenvalue weighted by atomic mass is 10.1. The number of furan rings is 1. The highest BCUT2D eigenvalue weighted by Gasteiger charge is 2.22. The van der Waals surface area contributed by atoms with Gasteiger partial charge in [-0.1, -0.05) is 0 Å². The second-order valence-corrected chi connectivity index (χ2v) is 6.94. The summed E-state index contributed by atoms with van der Waals surface area (Å²) in [4.78, 5) is 9.17. The molecule has 0 fully saturated rings. The predicted molar refractivity (Wildman–Crippen MR) is 117 cm³/mol. The topological polar surface area (TPSA) is 89.5 Å². The summed E-state index contributed by atoms with van der Waals surface area (Å²) in [5, 5.41) is 11.3. The van der Waals surface area contributed by atoms with Crippen LogP contribution in [0.4, 0.5) is 0 Å². The minimum atomic E-state index is 0. The molecule has 1 unspecified atom stereocenters. The Kier molecular flexibility index (Phi) is 9.03. The molecule has 0 saturated heterocycles. The maximum absolute atomic E-state index is 5.51. The molecule has 3 heterocycles. The number of ether oxygens (including phenoxy) is 1. The van der Waals surface area contributed by atoms with E-state index in [2.05, 4.69) is 48.6 Å². The standard InChI is InChI=1S/C17H25BrN6O2.HI/c1-3-19-17(20-9-8-13-5-6-14(18)26-13)21-12-4-7-16-22-15(11-25-2)23-24(16)10-12;/h5-6,12H,3-4,7-11H2,1-2H3,(H2,19,20,21);1H. The highest BCUT2D eigenvalue weighted by molar-refractivity contribution is 14.0. The number of aliphatic imine (C=N–C) groups is 1. The molecule has 10 heteroatoms. The maximum atomic E-state index is 5.51. The third-order valence-electron chi connectivity index (χ3n) is 4.12. The van der Waals surface area contributed by atoms with Crippen molar-refractivity contribution in [3.63, 3.8) is 0 Å². The number of aryl methyl sites for hydroxylation is 1. The van der Waals surface area contributed by atoms with E-state index in [0.29, 0.717) is 13.2 Å². The van der Waals surface area contributed by atoms with Crippen LogP contribution in [0.25, 0.3) is 0 Å². The minimum absolute atomic E-state index is 0. The molecule has 2 aromatic rings. The number of guanidine groups is 1. The number of aromatic nitrogens is 3. The van der Waals surface area contributed by atoms with Crippen LogP contribution in [0.1, 0.15) is 30.8 Å². The summed E-state index contributed by atoms with van der Waals surface area (Å²) >= 11 is 3.32. The van der Waals surface area contributed by atoms with Gasteiger partial charge < -0.3 is 19.8 Å². The molecular formula is C17H26BrIN6O2. The van der Waals surface area contributed by atoms with Gasteiger partial charge in [-0.3, -0.25) is 4.99 Å². The smallest absolute Gasteiger partial charge is 0.191 e. The van der Waals surface area contributed by atoms with Gasteiger partial charge in [-0.05, 0) is 41.4 Å². The fraction of sp³-hybridized carbons (Fsp3) is 0.588. The van der Waals surface area contributed by atoms with Gasteiger partial charge in [0.1, 0.15) is 18.2 Å². The highest BCUT2D eigenvalue weighted by atomic mass is 127. The number of halogens is 2. The minimum Gasteiger partial charge on any atom is -0.454 e. The fourth-order valence-electron chi connectivity index (χ4n) is 2.95. The number of hydrogen-bond donors (Lipinski definition) is 2. The summed E-state index contributed by atoms with van der Waals surface area (Å²) in [5.41, 5.74) is 0. The van der Waals surface area contributed by atoms with Crippen LogP contribution in [0.3, 0.4) is 0 Å². The van der Waals surface area contributed by atoms with E-state index in [1.165, 1.54) is 0 Å². The third kappa shape index (κ3) is 6.46. The zero-order chi connectivity index (χ0) is 18.4. The first kappa shape index (κ1) is 22.2. The van der Waals surface area contributed by atoms with Gasteiger partial charge in [-0.25, -0.2) is 9.67 Å². The van der Waals surface area contributed by atoms with E-state index < -0.39 is 0 Å². The molecule has 1 atom stereocenters. The van der Waals surface area contributed by atoms with Gasteiger partial charge in [0.15, 0.2) is 16.5 Å². The Morgan fingerprint density at radius 2 is 2.33 bits per heavy atom. The van der Waals surface area contributed by atoms with Crippen molar-refractivity contribution in [1.82, 2.24) is 25.4 Å². The Morgan fingerprint density at radius 3 is 3.04 bits per heavy atom. The zero-order valence-electron chi connectivity index (χ0n) is 15.6. The van der Waals surface area contributed by atoms with E-state index in [0.717, 1.165) is 60.4 Å². The molecule has 8 nitrogen and oxygen atoms in total. The Labute approximate surface area is 184 Å². The van der Waals surface area contributed by atoms with Crippen LogP contribution in [0.5, 0.6) is 0 Å². The molecule has 0 aliphatic carbocycles. The van der Waals surface area contributed by atoms with E-state index in [1.54, 1.807) is 7.11 Å². The van der Waals surface area contributed by atoms with Crippen LogP contribution in [-0.4, -0.2) is 47.0 Å². The molecule has 0 amide bonds. The summed E-state index contributed by atoms with van der Waals surface area (Å²) in [6, 6.07) is 4.14. The van der Waals surface area contributed by atoms with Gasteiger partial charge in [0.25, 0.3) is 0 Å². The molecule has 2 aromatic heterocycles. The van der Waals surface area contributed by atoms with Crippen molar-refractivity contribution in [2.24, 2.45) is 4.99 Å². The van der Waals surface area contributed by atoms with Crippen molar-refractivity contribution in [2.75, 3.05) is 20.2 Å². The van der Waals surface area contributed by atoms with Gasteiger partial charge in [0, 0.05) is 39.1 Å². The first-order chi connectivity index (χ1) is 12.7. The Hall–Kier alpha value is -1.14. The van der Waals surface area contributed by atoms with E-state index in [-0.39, 0.29) is 30.0 Å². The van der Waals surface area contributed by atoms with Gasteiger partial charge >= 0.3 is 0 Å². The number of hydrogen-bond acceptors (Lipinski definition) is 5. The molecule has 0 bridgehead atoms. The van der Waals surface area contributed by atoms with Gasteiger partial charge in [0.05, 0.1) is 6.54 Å². The van der Waals surface area contributed by atoms with Gasteiger partial charge in [-0.15, -0.1) is 24.0 Å². The van der Waals surface area contributed by atoms with Gasteiger partial charge in [0.2, 0.25) is 0 Å². The average Bonchev–Trinajstić information content (AvgIpc) is 3.20. The van der Waals surface area contributed by atoms with E-state index in [4.69, 9.17) is 9.15 Å². The molecule has 1 aliphatic rings. The van der Waals surface area contributed by atoms with Crippen LogP contribution in [0.15, 0.2) is 26.2 Å². The largest absolute Gasteiger partial charge is 0.454 e. The fourth-order valence-corrected chi connectivity index (χ4v) is 3.29. The van der Waals surface area contributed by atoms with Gasteiger partial charge in [-0.2, -0.15) is 5.10 Å². The summed E-state index contributed by atoms with van der Waals surface area (Å²) in [6.07, 6.45) is 2.66. The summed E-state index contributed by atoms with van der Waals surface area (Å²) in [5.74, 6) is 3.52. The lowest BCUT2D eigenvalue weighted by Crippen LogP contribution is -2.47. The van der Waals surface area contributed by atoms with Crippen LogP contribution in [0.2, 0.25) is 0 Å². The van der Waals surface area contributed by atoms with E-state index in [9.17, 15) is 0 Å². The first-order valence-electron chi connectivity index (χ1n) is 8.88. The third-order valence-corrected chi connectivity index (χ3v) is 4.54. The predicted octanol–water partition coefficient (Wildman–Crippen LogP) is 2.51. The molecular weight excluding hydrogens is 527 g/mol. The average molecular weight is 553 g/mol. The normalized spacial score (nSPS) is 16.6. The quantitative estimate of drug-likeness (QED) is 0.312. The zero-order valence-corrected chi connectivity index (χ0v) is 19.5. The van der Waals surface area contributed by atoms with Crippen LogP contribution >= 0.6 is 39.9 Å². The van der Waals surface area contributed by atoms with Crippen LogP contribution in [0, 0.1) is 0 Å². The molecule has 0 saturated carbocycles. The molecule has 0 aromatic carbocycles. The van der Waals surface area contributed by atoms with Crippen molar-refractivity contribution in [3.8, 4) is 0 Å². The van der Waals surface area contributed by atoms with Crippen LogP contribution in [-0.2, 0) is 30.7 Å². The summed E-state index contributed by atoms with van der Waals surface area (Å²) < 4.78 is 13.4. The van der Waals surface area contributed by atoms with Crippen LogP contribution < -0.4 is 10.6 Å². The Morgan fingerprint density at radius 1 is 1.48 bits per heavy atom. The SMILES string of the molecule is CCNC(=NCCc1ccc(Br)o1)NC1CCc2nc(COC)nn2C1.I. The van der Waals surface area contributed by atoms with Crippen molar-refractivity contribution in [2.45, 2.75) is 45.4 Å². The number of methoxy groups -OCH3 is 1. The molecule has 0 radical (unpaired) electrons. The molecule has 2 N–H and O–H groups in total. The monoisotopic (exact) mass is 552 g/mol. The molecule has 1 aliphatic heterocycles.